The van der Waals surface area contributed by atoms with Crippen molar-refractivity contribution in [3.63, 3.8) is 0 Å². The average molecular weight is 699 g/mol. The molecule has 0 bridgehead atoms. The van der Waals surface area contributed by atoms with Gasteiger partial charge in [-0.25, -0.2) is 4.79 Å². The number of nitrogens with one attached hydrogen (secondary N) is 2. The van der Waals surface area contributed by atoms with Crippen molar-refractivity contribution in [1.82, 2.24) is 10.3 Å². The lowest BCUT2D eigenvalue weighted by Crippen LogP contribution is -2.47. The first-order chi connectivity index (χ1) is 24.8. The number of aldehydes is 2. The molecule has 0 unspecified atom stereocenters. The molecule has 0 radical (unpaired) electrons. The van der Waals surface area contributed by atoms with Crippen LogP contribution in [0.3, 0.4) is 0 Å². The summed E-state index contributed by atoms with van der Waals surface area (Å²) in [5.74, 6) is 0.0607. The zero-order valence-electron chi connectivity index (χ0n) is 29.3. The minimum absolute atomic E-state index is 0.0524. The van der Waals surface area contributed by atoms with Crippen molar-refractivity contribution in [2.24, 2.45) is 22.6 Å². The molecule has 2 aliphatic rings. The number of aliphatic hydroxyl groups excluding tert-OH is 2. The first kappa shape index (κ1) is 37.8. The van der Waals surface area contributed by atoms with E-state index in [1.54, 1.807) is 6.20 Å². The number of guanidine groups is 1. The average Bonchev–Trinajstić information content (AvgIpc) is 3.63. The van der Waals surface area contributed by atoms with Crippen LogP contribution < -0.4 is 11.1 Å². The van der Waals surface area contributed by atoms with Crippen LogP contribution in [0.4, 0.5) is 5.82 Å². The topological polar surface area (TPSA) is 192 Å². The Balaban J connectivity index is 1.43. The third-order valence-corrected chi connectivity index (χ3v) is 10.6. The monoisotopic (exact) mass is 698 g/mol. The highest BCUT2D eigenvalue weighted by atomic mass is 16.4. The van der Waals surface area contributed by atoms with Gasteiger partial charge >= 0.3 is 5.97 Å². The second-order valence-corrected chi connectivity index (χ2v) is 14.1. The summed E-state index contributed by atoms with van der Waals surface area (Å²) in [5, 5.41) is 40.6. The Morgan fingerprint density at radius 1 is 1.06 bits per heavy atom. The minimum Gasteiger partial charge on any atom is -0.478 e. The zero-order valence-corrected chi connectivity index (χ0v) is 29.3. The van der Waals surface area contributed by atoms with Crippen molar-refractivity contribution in [3.8, 4) is 0 Å². The molecule has 1 aromatic heterocycles. The second kappa shape index (κ2) is 18.7. The number of aromatic nitrogens is 1. The normalized spacial score (nSPS) is 20.8. The molecule has 274 valence electrons. The Bertz CT molecular complexity index is 1670. The summed E-state index contributed by atoms with van der Waals surface area (Å²) in [6.07, 6.45) is 12.3. The van der Waals surface area contributed by atoms with Crippen molar-refractivity contribution >= 4 is 41.1 Å². The lowest BCUT2D eigenvalue weighted by Gasteiger charge is -2.40. The van der Waals surface area contributed by atoms with Crippen LogP contribution in [0.1, 0.15) is 86.8 Å². The molecular weight excluding hydrogens is 646 g/mol. The molecule has 6 atom stereocenters. The van der Waals surface area contributed by atoms with Gasteiger partial charge in [-0.15, -0.1) is 0 Å². The fourth-order valence-corrected chi connectivity index (χ4v) is 7.98. The molecule has 3 aromatic rings. The van der Waals surface area contributed by atoms with E-state index in [4.69, 9.17) is 16.2 Å². The number of rotatable bonds is 20. The van der Waals surface area contributed by atoms with Gasteiger partial charge in [-0.05, 0) is 115 Å². The molecule has 2 heterocycles. The van der Waals surface area contributed by atoms with Gasteiger partial charge in [0.2, 0.25) is 0 Å². The van der Waals surface area contributed by atoms with Crippen molar-refractivity contribution < 1.29 is 29.7 Å². The molecule has 2 aromatic carbocycles. The van der Waals surface area contributed by atoms with Crippen LogP contribution in [-0.2, 0) is 27.2 Å². The van der Waals surface area contributed by atoms with E-state index >= 15 is 0 Å². The third kappa shape index (κ3) is 10.5. The Kier molecular flexibility index (Phi) is 13.8. The number of aryl methyl sites for hydroxylation is 1. The maximum atomic E-state index is 12.2. The summed E-state index contributed by atoms with van der Waals surface area (Å²) in [5.41, 5.74) is 10.3. The van der Waals surface area contributed by atoms with E-state index in [-0.39, 0.29) is 36.4 Å². The highest BCUT2D eigenvalue weighted by Crippen LogP contribution is 2.45. The lowest BCUT2D eigenvalue weighted by atomic mass is 9.69. The number of fused-ring (bicyclic) bond motifs is 2. The highest BCUT2D eigenvalue weighted by Gasteiger charge is 2.34. The molecule has 5 rings (SSSR count). The molecule has 51 heavy (non-hydrogen) atoms. The molecule has 0 saturated heterocycles. The van der Waals surface area contributed by atoms with Gasteiger partial charge < -0.3 is 46.3 Å². The van der Waals surface area contributed by atoms with Crippen LogP contribution in [0.25, 0.3) is 16.1 Å². The van der Waals surface area contributed by atoms with Gasteiger partial charge in [-0.1, -0.05) is 60.9 Å². The van der Waals surface area contributed by atoms with E-state index in [0.29, 0.717) is 69.3 Å². The molecule has 0 saturated carbocycles. The van der Waals surface area contributed by atoms with Crippen molar-refractivity contribution in [3.05, 3.63) is 82.3 Å². The van der Waals surface area contributed by atoms with E-state index in [1.807, 2.05) is 18.2 Å². The number of carboxylic acid groups (broad SMARTS) is 1. The van der Waals surface area contributed by atoms with E-state index < -0.39 is 18.1 Å². The van der Waals surface area contributed by atoms with Crippen LogP contribution >= 0.6 is 0 Å². The number of nitrogens with zero attached hydrogens (tertiary/aromatic N) is 2. The fraction of sp³-hybridized carbons (Fsp3) is 0.500. The molecule has 1 aliphatic heterocycles. The van der Waals surface area contributed by atoms with E-state index in [1.165, 1.54) is 17.2 Å². The Morgan fingerprint density at radius 3 is 2.65 bits per heavy atom. The maximum absolute atomic E-state index is 12.2. The van der Waals surface area contributed by atoms with Gasteiger partial charge in [0, 0.05) is 31.6 Å². The number of carboxylic acids is 1. The number of aliphatic carboxylic acids is 1. The number of aromatic amines is 1. The summed E-state index contributed by atoms with van der Waals surface area (Å²) in [6.45, 7) is 0.544. The second-order valence-electron chi connectivity index (χ2n) is 14.1. The van der Waals surface area contributed by atoms with Gasteiger partial charge in [0.05, 0.1) is 12.1 Å². The number of hydrogen-bond acceptors (Lipinski definition) is 8. The first-order valence-corrected chi connectivity index (χ1v) is 18.4. The minimum atomic E-state index is -1.04. The first-order valence-electron chi connectivity index (χ1n) is 18.4. The Labute approximate surface area is 299 Å². The van der Waals surface area contributed by atoms with Gasteiger partial charge in [-0.3, -0.25) is 4.99 Å². The summed E-state index contributed by atoms with van der Waals surface area (Å²) in [7, 11) is 0. The van der Waals surface area contributed by atoms with Gasteiger partial charge in [0.1, 0.15) is 12.6 Å². The summed E-state index contributed by atoms with van der Waals surface area (Å²) in [4.78, 5) is 42.5. The van der Waals surface area contributed by atoms with E-state index in [0.717, 1.165) is 54.6 Å². The predicted molar refractivity (Wildman–Crippen MR) is 199 cm³/mol. The number of aliphatic hydroxyl groups is 2. The zero-order chi connectivity index (χ0) is 36.2. The smallest absolute Gasteiger partial charge is 0.328 e. The molecule has 0 fully saturated rings. The van der Waals surface area contributed by atoms with Crippen molar-refractivity contribution in [1.29, 1.82) is 0 Å². The predicted octanol–water partition coefficient (Wildman–Crippen LogP) is 5.61. The maximum Gasteiger partial charge on any atom is 0.328 e. The largest absolute Gasteiger partial charge is 0.478 e. The number of H-pyrrole nitrogens is 1. The summed E-state index contributed by atoms with van der Waals surface area (Å²) < 4.78 is 0. The van der Waals surface area contributed by atoms with Crippen LogP contribution in [0.5, 0.6) is 0 Å². The summed E-state index contributed by atoms with van der Waals surface area (Å²) >= 11 is 0. The lowest BCUT2D eigenvalue weighted by molar-refractivity contribution is -0.131. The standard InChI is InChI=1S/C40H52N5O6/c41-40-43-17-14-36(45-40)35(24-39(50)51)37(44-38-7-2-16-42-38)23-30-12-11-29-21-28-10-8-26(15-19-47)20-31(28)22-34(29)33(30)6-1-5-32(49)13-9-27(25-48)4-3-18-46/h2,7-8,10,16,19-22,24-25,27,30,32-33,36-37,42,46,49H,1,3-6,9,11-15,17-18,23H2,(H,50,51)(H3,41,43,45)/q-1/b35-24+/t27-,30-,32+,33-,36-,37+/m1/s1. The quantitative estimate of drug-likeness (QED) is 0.0648. The third-order valence-electron chi connectivity index (χ3n) is 10.6. The van der Waals surface area contributed by atoms with Gasteiger partial charge in [-0.2, -0.15) is 0 Å². The number of carbonyl (C=O) groups excluding carboxylic acids is 2. The molecule has 1 aliphatic carbocycles. The number of nitrogens with two attached hydrogens (primary N) is 1. The summed E-state index contributed by atoms with van der Waals surface area (Å²) in [6, 6.07) is 13.7. The van der Waals surface area contributed by atoms with Crippen LogP contribution in [0.15, 0.2) is 65.3 Å². The Morgan fingerprint density at radius 2 is 1.92 bits per heavy atom. The number of benzene rings is 2. The van der Waals surface area contributed by atoms with Crippen LogP contribution in [0.2, 0.25) is 0 Å². The molecule has 0 spiro atoms. The molecule has 11 nitrogen and oxygen atoms in total. The number of hydrogen-bond donors (Lipinski definition) is 6. The SMILES string of the molecule is NC1=NCC[C@H](/C(=C\C(=O)O)[C@H](C[C@H]2CCc3cc4ccc(CC=O)cc4cc3[C@@H]2CCC[C@H](O)CC[C@H](C=O)CCCO)[N-]c2ccc[nH]2)N1. The van der Waals surface area contributed by atoms with Crippen LogP contribution in [0, 0.1) is 11.8 Å². The van der Waals surface area contributed by atoms with Crippen LogP contribution in [-0.4, -0.2) is 76.1 Å². The number of aliphatic imine (C=N–C) groups is 1. The van der Waals surface area contributed by atoms with E-state index in [9.17, 15) is 24.6 Å². The highest BCUT2D eigenvalue weighted by molar-refractivity contribution is 5.86. The van der Waals surface area contributed by atoms with Gasteiger partial charge in [0.25, 0.3) is 0 Å². The van der Waals surface area contributed by atoms with Crippen molar-refractivity contribution in [2.45, 2.75) is 101 Å². The molecule has 7 N–H and O–H groups in total. The Hall–Kier alpha value is -4.48. The fourth-order valence-electron chi connectivity index (χ4n) is 7.98. The molecule has 0 amide bonds. The van der Waals surface area contributed by atoms with E-state index in [2.05, 4.69) is 39.6 Å². The van der Waals surface area contributed by atoms with Gasteiger partial charge in [0.15, 0.2) is 5.96 Å². The molecule has 11 heteroatoms. The van der Waals surface area contributed by atoms with Crippen molar-refractivity contribution in [2.75, 3.05) is 13.2 Å². The number of carbonyl (C=O) groups is 3. The molecular formula is C40H52N5O6-.